The second-order valence-corrected chi connectivity index (χ2v) is 6.49. The molecule has 0 heterocycles. The van der Waals surface area contributed by atoms with Crippen LogP contribution >= 0.6 is 0 Å². The van der Waals surface area contributed by atoms with Crippen molar-refractivity contribution < 1.29 is 4.74 Å². The minimum Gasteiger partial charge on any atom is -0.494 e. The highest BCUT2D eigenvalue weighted by molar-refractivity contribution is 5.61. The van der Waals surface area contributed by atoms with Gasteiger partial charge in [-0.1, -0.05) is 48.6 Å². The number of hydrogen-bond donors (Lipinski definition) is 1. The highest BCUT2D eigenvalue weighted by Gasteiger charge is 2.15. The van der Waals surface area contributed by atoms with Crippen LogP contribution in [-0.2, 0) is 13.0 Å². The lowest BCUT2D eigenvalue weighted by atomic mass is 9.90. The number of nitrogens with one attached hydrogen (secondary N) is 1. The molecule has 25 heavy (non-hydrogen) atoms. The zero-order chi connectivity index (χ0) is 17.6. The van der Waals surface area contributed by atoms with E-state index >= 15 is 0 Å². The van der Waals surface area contributed by atoms with Crippen LogP contribution < -0.4 is 10.1 Å². The molecule has 3 rings (SSSR count). The maximum Gasteiger partial charge on any atom is 0.122 e. The van der Waals surface area contributed by atoms with Crippen molar-refractivity contribution in [1.29, 1.82) is 0 Å². The predicted octanol–water partition coefficient (Wildman–Crippen LogP) is 5.37. The van der Waals surface area contributed by atoms with Crippen LogP contribution in [0.5, 0.6) is 5.75 Å². The summed E-state index contributed by atoms with van der Waals surface area (Å²) in [4.78, 5) is 0. The lowest BCUT2D eigenvalue weighted by Gasteiger charge is -2.21. The van der Waals surface area contributed by atoms with Crippen molar-refractivity contribution in [3.05, 3.63) is 82.9 Å². The molecule has 1 aliphatic rings. The number of ether oxygens (including phenoxy) is 1. The number of fused-ring (bicyclic) bond motifs is 1. The van der Waals surface area contributed by atoms with Crippen molar-refractivity contribution in [2.24, 2.45) is 0 Å². The van der Waals surface area contributed by atoms with Gasteiger partial charge in [0.25, 0.3) is 0 Å². The van der Waals surface area contributed by atoms with Crippen LogP contribution in [0.2, 0.25) is 0 Å². The maximum absolute atomic E-state index is 5.63. The first-order valence-electron chi connectivity index (χ1n) is 9.09. The molecule has 1 unspecified atom stereocenters. The van der Waals surface area contributed by atoms with Crippen LogP contribution in [0.1, 0.15) is 47.2 Å². The fourth-order valence-electron chi connectivity index (χ4n) is 3.45. The summed E-state index contributed by atoms with van der Waals surface area (Å²) >= 11 is 0. The van der Waals surface area contributed by atoms with Gasteiger partial charge in [0.1, 0.15) is 5.75 Å². The molecule has 1 aliphatic carbocycles. The van der Waals surface area contributed by atoms with Crippen molar-refractivity contribution in [2.45, 2.75) is 39.3 Å². The van der Waals surface area contributed by atoms with Crippen molar-refractivity contribution in [2.75, 3.05) is 6.61 Å². The van der Waals surface area contributed by atoms with E-state index in [0.717, 1.165) is 25.1 Å². The minimum absolute atomic E-state index is 0.143. The van der Waals surface area contributed by atoms with E-state index in [4.69, 9.17) is 4.74 Å². The Labute approximate surface area is 151 Å². The van der Waals surface area contributed by atoms with E-state index in [2.05, 4.69) is 67.4 Å². The quantitative estimate of drug-likeness (QED) is 0.688. The molecule has 0 aliphatic heterocycles. The number of hydrogen-bond acceptors (Lipinski definition) is 2. The van der Waals surface area contributed by atoms with Crippen molar-refractivity contribution in [1.82, 2.24) is 5.32 Å². The van der Waals surface area contributed by atoms with Gasteiger partial charge in [0.2, 0.25) is 0 Å². The van der Waals surface area contributed by atoms with Gasteiger partial charge >= 0.3 is 0 Å². The lowest BCUT2D eigenvalue weighted by molar-refractivity contribution is 0.337. The number of allylic oxidation sites excluding steroid dienone is 1. The Morgan fingerprint density at radius 2 is 2.16 bits per heavy atom. The third-order valence-electron chi connectivity index (χ3n) is 4.73. The van der Waals surface area contributed by atoms with E-state index in [1.807, 2.05) is 13.0 Å². The fraction of sp³-hybridized carbons (Fsp3) is 0.304. The van der Waals surface area contributed by atoms with E-state index in [0.29, 0.717) is 6.61 Å². The van der Waals surface area contributed by atoms with Crippen LogP contribution in [0.4, 0.5) is 0 Å². The van der Waals surface area contributed by atoms with E-state index in [1.54, 1.807) is 0 Å². The van der Waals surface area contributed by atoms with Gasteiger partial charge in [0.15, 0.2) is 0 Å². The second-order valence-electron chi connectivity index (χ2n) is 6.49. The summed E-state index contributed by atoms with van der Waals surface area (Å²) in [5.74, 6) is 0.966. The van der Waals surface area contributed by atoms with Gasteiger partial charge < -0.3 is 10.1 Å². The van der Waals surface area contributed by atoms with Gasteiger partial charge in [-0.2, -0.15) is 0 Å². The summed E-state index contributed by atoms with van der Waals surface area (Å²) in [5, 5.41) is 3.64. The van der Waals surface area contributed by atoms with Crippen LogP contribution in [-0.4, -0.2) is 6.61 Å². The molecular formula is C23H27NO. The molecule has 0 spiro atoms. The summed E-state index contributed by atoms with van der Waals surface area (Å²) in [6.07, 6.45) is 8.78. The molecule has 0 bridgehead atoms. The molecule has 0 saturated carbocycles. The Morgan fingerprint density at radius 3 is 2.92 bits per heavy atom. The van der Waals surface area contributed by atoms with E-state index in [-0.39, 0.29) is 6.04 Å². The van der Waals surface area contributed by atoms with E-state index in [9.17, 15) is 0 Å². The topological polar surface area (TPSA) is 21.3 Å². The summed E-state index contributed by atoms with van der Waals surface area (Å²) in [5.41, 5.74) is 6.54. The molecular weight excluding hydrogens is 306 g/mol. The smallest absolute Gasteiger partial charge is 0.122 e. The standard InChI is InChI=1S/C23H27NO/c1-4-22(21-12-8-10-19-9-6-7-11-20(19)21)24-16-18-13-14-23(25-5-2)17(3)15-18/h4,7-8,10-15,22,24H,1,5-6,9,16H2,2-3H3. The van der Waals surface area contributed by atoms with Crippen molar-refractivity contribution >= 4 is 6.08 Å². The van der Waals surface area contributed by atoms with Gasteiger partial charge in [-0.25, -0.2) is 0 Å². The molecule has 1 atom stereocenters. The summed E-state index contributed by atoms with van der Waals surface area (Å²) < 4.78 is 5.63. The molecule has 0 amide bonds. The second kappa shape index (κ2) is 8.17. The minimum atomic E-state index is 0.143. The Kier molecular flexibility index (Phi) is 5.72. The zero-order valence-electron chi connectivity index (χ0n) is 15.2. The van der Waals surface area contributed by atoms with Gasteiger partial charge in [-0.15, -0.1) is 6.58 Å². The monoisotopic (exact) mass is 333 g/mol. The van der Waals surface area contributed by atoms with Crippen molar-refractivity contribution in [3.63, 3.8) is 0 Å². The van der Waals surface area contributed by atoms with Crippen LogP contribution in [0.15, 0.2) is 55.1 Å². The summed E-state index contributed by atoms with van der Waals surface area (Å²) in [6.45, 7) is 9.66. The zero-order valence-corrected chi connectivity index (χ0v) is 15.2. The highest BCUT2D eigenvalue weighted by Crippen LogP contribution is 2.28. The molecule has 2 aromatic rings. The number of benzene rings is 2. The van der Waals surface area contributed by atoms with Crippen LogP contribution in [0, 0.1) is 6.92 Å². The van der Waals surface area contributed by atoms with Crippen LogP contribution in [0.25, 0.3) is 6.08 Å². The summed E-state index contributed by atoms with van der Waals surface area (Å²) in [7, 11) is 0. The Hall–Kier alpha value is -2.32. The number of rotatable bonds is 7. The first kappa shape index (κ1) is 17.5. The molecule has 0 fully saturated rings. The Balaban J connectivity index is 1.75. The maximum atomic E-state index is 5.63. The average Bonchev–Trinajstić information content (AvgIpc) is 2.64. The Bertz CT molecular complexity index is 776. The summed E-state index contributed by atoms with van der Waals surface area (Å²) in [6, 6.07) is 13.1. The molecule has 1 N–H and O–H groups in total. The molecule has 0 saturated heterocycles. The third kappa shape index (κ3) is 4.02. The first-order chi connectivity index (χ1) is 12.2. The number of aryl methyl sites for hydroxylation is 2. The highest BCUT2D eigenvalue weighted by atomic mass is 16.5. The SMILES string of the molecule is C=CC(NCc1ccc(OCC)c(C)c1)c1cccc2c1C=CCC2. The normalized spacial score (nSPS) is 14.0. The molecule has 0 aromatic heterocycles. The molecule has 2 heteroatoms. The molecule has 0 radical (unpaired) electrons. The largest absolute Gasteiger partial charge is 0.494 e. The molecule has 2 nitrogen and oxygen atoms in total. The third-order valence-corrected chi connectivity index (χ3v) is 4.73. The fourth-order valence-corrected chi connectivity index (χ4v) is 3.45. The van der Waals surface area contributed by atoms with Gasteiger partial charge in [-0.3, -0.25) is 0 Å². The predicted molar refractivity (Wildman–Crippen MR) is 106 cm³/mol. The van der Waals surface area contributed by atoms with Crippen molar-refractivity contribution in [3.8, 4) is 5.75 Å². The average molecular weight is 333 g/mol. The van der Waals surface area contributed by atoms with Crippen LogP contribution in [0.3, 0.4) is 0 Å². The lowest BCUT2D eigenvalue weighted by Crippen LogP contribution is -2.20. The Morgan fingerprint density at radius 1 is 1.28 bits per heavy atom. The molecule has 130 valence electrons. The van der Waals surface area contributed by atoms with E-state index < -0.39 is 0 Å². The van der Waals surface area contributed by atoms with Gasteiger partial charge in [0, 0.05) is 6.54 Å². The first-order valence-corrected chi connectivity index (χ1v) is 9.09. The van der Waals surface area contributed by atoms with E-state index in [1.165, 1.54) is 27.8 Å². The molecule has 2 aromatic carbocycles. The van der Waals surface area contributed by atoms with Gasteiger partial charge in [-0.05, 0) is 60.6 Å². The van der Waals surface area contributed by atoms with Gasteiger partial charge in [0.05, 0.1) is 12.6 Å².